The number of hydrogen-bond donors (Lipinski definition) is 3. The molecular weight excluding hydrogens is 192 g/mol. The summed E-state index contributed by atoms with van der Waals surface area (Å²) in [6.45, 7) is -0.0755. The van der Waals surface area contributed by atoms with Gasteiger partial charge < -0.3 is 29.5 Å². The van der Waals surface area contributed by atoms with Gasteiger partial charge in [-0.15, -0.1) is 0 Å². The molecule has 0 aromatic carbocycles. The second kappa shape index (κ2) is 3.41. The van der Waals surface area contributed by atoms with Crippen LogP contribution >= 0.6 is 0 Å². The molecule has 82 valence electrons. The fraction of sp³-hybridized carbons (Fsp3) is 1.00. The number of aliphatic hydroxyl groups is 3. The van der Waals surface area contributed by atoms with Gasteiger partial charge >= 0.3 is 0 Å². The van der Waals surface area contributed by atoms with Crippen molar-refractivity contribution >= 4 is 0 Å². The maximum Gasteiger partial charge on any atom is 0.186 e. The third-order valence-corrected chi connectivity index (χ3v) is 2.81. The topological polar surface area (TPSA) is 91.7 Å². The van der Waals surface area contributed by atoms with Gasteiger partial charge in [-0.25, -0.2) is 0 Å². The summed E-state index contributed by atoms with van der Waals surface area (Å²) in [4.78, 5) is 0. The Balaban J connectivity index is 2.16. The van der Waals surface area contributed by atoms with E-state index in [1.807, 2.05) is 0 Å². The van der Waals surface area contributed by atoms with Gasteiger partial charge in [0.05, 0.1) is 13.2 Å². The van der Waals surface area contributed by atoms with Crippen LogP contribution in [0.15, 0.2) is 0 Å². The molecule has 14 heavy (non-hydrogen) atoms. The molecule has 5 unspecified atom stereocenters. The molecule has 2 rings (SSSR count). The number of hydrogen-bond acceptors (Lipinski definition) is 6. The summed E-state index contributed by atoms with van der Waals surface area (Å²) in [6, 6.07) is 0. The number of rotatable bonds is 2. The molecule has 2 aliphatic heterocycles. The highest BCUT2D eigenvalue weighted by molar-refractivity contribution is 5.10. The first kappa shape index (κ1) is 10.3. The zero-order valence-corrected chi connectivity index (χ0v) is 7.79. The van der Waals surface area contributed by atoms with E-state index in [9.17, 15) is 10.2 Å². The zero-order chi connectivity index (χ0) is 10.3. The Labute approximate surface area is 81.0 Å². The maximum absolute atomic E-state index is 9.73. The predicted octanol–water partition coefficient (Wildman–Crippen LogP) is -2.16. The lowest BCUT2D eigenvalue weighted by atomic mass is 9.89. The molecule has 2 heterocycles. The van der Waals surface area contributed by atoms with Gasteiger partial charge in [0.15, 0.2) is 11.9 Å². The van der Waals surface area contributed by atoms with Crippen LogP contribution in [0.1, 0.15) is 0 Å². The predicted molar refractivity (Wildman–Crippen MR) is 43.5 cm³/mol. The van der Waals surface area contributed by atoms with Crippen molar-refractivity contribution in [1.29, 1.82) is 0 Å². The fourth-order valence-corrected chi connectivity index (χ4v) is 1.79. The third kappa shape index (κ3) is 1.27. The molecule has 6 nitrogen and oxygen atoms in total. The first-order chi connectivity index (χ1) is 6.65. The van der Waals surface area contributed by atoms with E-state index in [2.05, 4.69) is 0 Å². The number of methoxy groups -OCH3 is 1. The van der Waals surface area contributed by atoms with E-state index in [-0.39, 0.29) is 13.2 Å². The van der Waals surface area contributed by atoms with Gasteiger partial charge in [0.25, 0.3) is 0 Å². The molecule has 0 aromatic rings. The van der Waals surface area contributed by atoms with Gasteiger partial charge in [-0.05, 0) is 0 Å². The lowest BCUT2D eigenvalue weighted by Gasteiger charge is -2.40. The zero-order valence-electron chi connectivity index (χ0n) is 7.79. The monoisotopic (exact) mass is 206 g/mol. The lowest BCUT2D eigenvalue weighted by molar-refractivity contribution is -0.285. The summed E-state index contributed by atoms with van der Waals surface area (Å²) in [7, 11) is 1.39. The second-order valence-corrected chi connectivity index (χ2v) is 3.59. The van der Waals surface area contributed by atoms with Crippen LogP contribution in [0.3, 0.4) is 0 Å². The van der Waals surface area contributed by atoms with Crippen LogP contribution in [0.2, 0.25) is 0 Å². The third-order valence-electron chi connectivity index (χ3n) is 2.81. The van der Waals surface area contributed by atoms with E-state index in [0.717, 1.165) is 0 Å². The summed E-state index contributed by atoms with van der Waals surface area (Å²) in [5.41, 5.74) is -1.01. The Bertz CT molecular complexity index is 198. The van der Waals surface area contributed by atoms with Gasteiger partial charge in [-0.1, -0.05) is 0 Å². The van der Waals surface area contributed by atoms with Gasteiger partial charge in [0.2, 0.25) is 0 Å². The van der Waals surface area contributed by atoms with Crippen molar-refractivity contribution in [2.75, 3.05) is 20.3 Å². The minimum atomic E-state index is -1.02. The van der Waals surface area contributed by atoms with Crippen LogP contribution in [0.25, 0.3) is 0 Å². The standard InChI is InChI=1S/C8H14O6/c1-12-7-6(11)8(3-13-8)5(10)4(2-9)14-7/h4-7,9-11H,2-3H2,1H3. The van der Waals surface area contributed by atoms with E-state index in [0.29, 0.717) is 0 Å². The Hall–Kier alpha value is -0.240. The van der Waals surface area contributed by atoms with Crippen LogP contribution in [0.4, 0.5) is 0 Å². The van der Waals surface area contributed by atoms with E-state index < -0.39 is 30.2 Å². The molecule has 0 amide bonds. The molecule has 0 radical (unpaired) electrons. The molecule has 3 N–H and O–H groups in total. The highest BCUT2D eigenvalue weighted by Gasteiger charge is 2.65. The van der Waals surface area contributed by atoms with E-state index in [1.54, 1.807) is 0 Å². The van der Waals surface area contributed by atoms with E-state index in [4.69, 9.17) is 19.3 Å². The van der Waals surface area contributed by atoms with Crippen molar-refractivity contribution in [1.82, 2.24) is 0 Å². The van der Waals surface area contributed by atoms with Crippen molar-refractivity contribution in [3.8, 4) is 0 Å². The average molecular weight is 206 g/mol. The Morgan fingerprint density at radius 3 is 2.50 bits per heavy atom. The number of aliphatic hydroxyl groups excluding tert-OH is 3. The molecule has 0 aromatic heterocycles. The minimum Gasteiger partial charge on any atom is -0.394 e. The van der Waals surface area contributed by atoms with Crippen molar-refractivity contribution in [3.63, 3.8) is 0 Å². The SMILES string of the molecule is COC1OC(CO)C(O)C2(CO2)C1O. The van der Waals surface area contributed by atoms with Gasteiger partial charge in [0.1, 0.15) is 18.3 Å². The first-order valence-electron chi connectivity index (χ1n) is 4.45. The number of epoxide rings is 1. The summed E-state index contributed by atoms with van der Waals surface area (Å²) in [5.74, 6) is 0. The summed E-state index contributed by atoms with van der Waals surface area (Å²) in [6.07, 6.45) is -3.68. The van der Waals surface area contributed by atoms with Crippen LogP contribution < -0.4 is 0 Å². The van der Waals surface area contributed by atoms with Crippen molar-refractivity contribution in [3.05, 3.63) is 0 Å². The van der Waals surface area contributed by atoms with Crippen LogP contribution in [-0.4, -0.2) is 65.8 Å². The Kier molecular flexibility index (Phi) is 2.50. The molecule has 6 heteroatoms. The summed E-state index contributed by atoms with van der Waals surface area (Å²) < 4.78 is 15.1. The lowest BCUT2D eigenvalue weighted by Crippen LogP contribution is -2.61. The Morgan fingerprint density at radius 2 is 2.07 bits per heavy atom. The van der Waals surface area contributed by atoms with E-state index >= 15 is 0 Å². The Morgan fingerprint density at radius 1 is 1.43 bits per heavy atom. The molecule has 0 aliphatic carbocycles. The molecule has 0 saturated carbocycles. The highest BCUT2D eigenvalue weighted by Crippen LogP contribution is 2.42. The molecular formula is C8H14O6. The number of ether oxygens (including phenoxy) is 3. The van der Waals surface area contributed by atoms with Gasteiger partial charge in [-0.2, -0.15) is 0 Å². The van der Waals surface area contributed by atoms with Gasteiger partial charge in [0, 0.05) is 7.11 Å². The normalized spacial score (nSPS) is 52.3. The molecule has 2 saturated heterocycles. The van der Waals surface area contributed by atoms with E-state index in [1.165, 1.54) is 7.11 Å². The largest absolute Gasteiger partial charge is 0.394 e. The molecule has 0 bridgehead atoms. The van der Waals surface area contributed by atoms with Gasteiger partial charge in [-0.3, -0.25) is 0 Å². The minimum absolute atomic E-state index is 0.259. The maximum atomic E-state index is 9.73. The van der Waals surface area contributed by atoms with Crippen LogP contribution in [0, 0.1) is 0 Å². The fourth-order valence-electron chi connectivity index (χ4n) is 1.79. The summed E-state index contributed by atoms with van der Waals surface area (Å²) >= 11 is 0. The molecule has 2 fully saturated rings. The molecule has 1 spiro atoms. The van der Waals surface area contributed by atoms with Crippen molar-refractivity contribution in [2.24, 2.45) is 0 Å². The average Bonchev–Trinajstić information content (AvgIpc) is 2.97. The molecule has 5 atom stereocenters. The molecule has 2 aliphatic rings. The highest BCUT2D eigenvalue weighted by atomic mass is 16.7. The van der Waals surface area contributed by atoms with Crippen LogP contribution in [0.5, 0.6) is 0 Å². The van der Waals surface area contributed by atoms with Crippen molar-refractivity contribution < 1.29 is 29.5 Å². The smallest absolute Gasteiger partial charge is 0.186 e. The van der Waals surface area contributed by atoms with Crippen LogP contribution in [-0.2, 0) is 14.2 Å². The second-order valence-electron chi connectivity index (χ2n) is 3.59. The summed E-state index contributed by atoms with van der Waals surface area (Å²) in [5, 5.41) is 28.4. The van der Waals surface area contributed by atoms with Crippen molar-refractivity contribution in [2.45, 2.75) is 30.2 Å². The first-order valence-corrected chi connectivity index (χ1v) is 4.45. The quantitative estimate of drug-likeness (QED) is 0.446.